The van der Waals surface area contributed by atoms with Crippen molar-refractivity contribution in [3.8, 4) is 28.2 Å². The molecule has 15 heteroatoms. The number of azide groups is 1. The Morgan fingerprint density at radius 1 is 1.10 bits per heavy atom. The molecule has 3 atom stereocenters. The summed E-state index contributed by atoms with van der Waals surface area (Å²) in [5, 5.41) is 33.0. The number of carbonyl (C=O) groups is 3. The number of urea groups is 1. The number of carbonyl (C=O) groups excluding carboxylic acids is 2. The Morgan fingerprint density at radius 3 is 2.65 bits per heavy atom. The number of amides is 2. The molecule has 0 aromatic heterocycles. The van der Waals surface area contributed by atoms with Crippen LogP contribution in [0.3, 0.4) is 0 Å². The second-order valence-corrected chi connectivity index (χ2v) is 13.3. The molecule has 6 rings (SSSR count). The molecule has 2 fully saturated rings. The number of aromatic hydroxyl groups is 1. The summed E-state index contributed by atoms with van der Waals surface area (Å²) in [6, 6.07) is 14.0. The number of thiocarbonyl (C=S) groups is 1. The summed E-state index contributed by atoms with van der Waals surface area (Å²) in [5.41, 5.74) is 10.3. The third kappa shape index (κ3) is 8.49. The molecule has 2 aromatic rings. The lowest BCUT2D eigenvalue weighted by molar-refractivity contribution is -0.118. The third-order valence-corrected chi connectivity index (χ3v) is 10.0. The van der Waals surface area contributed by atoms with Crippen molar-refractivity contribution in [1.29, 1.82) is 0 Å². The molecule has 13 nitrogen and oxygen atoms in total. The molecule has 2 aromatic carbocycles. The van der Waals surface area contributed by atoms with Crippen LogP contribution < -0.4 is 21.4 Å². The van der Waals surface area contributed by atoms with Gasteiger partial charge in [0.25, 0.3) is 0 Å². The lowest BCUT2D eigenvalue weighted by Crippen LogP contribution is -2.36. The lowest BCUT2D eigenvalue weighted by Gasteiger charge is -2.17. The number of ketones is 1. The first-order valence-electron chi connectivity index (χ1n) is 15.7. The molecule has 2 amide bonds. The predicted molar refractivity (Wildman–Crippen MR) is 193 cm³/mol. The molecule has 49 heavy (non-hydrogen) atoms. The number of rotatable bonds is 11. The zero-order chi connectivity index (χ0) is 35.1. The highest BCUT2D eigenvalue weighted by atomic mass is 32.2. The van der Waals surface area contributed by atoms with Crippen molar-refractivity contribution >= 4 is 63.4 Å². The van der Waals surface area contributed by atoms with Gasteiger partial charge in [0.15, 0.2) is 5.43 Å². The number of phenols is 1. The number of carboxylic acids is 1. The summed E-state index contributed by atoms with van der Waals surface area (Å²) >= 11 is 7.04. The number of thioether (sulfide) groups is 1. The average molecular weight is 703 g/mol. The summed E-state index contributed by atoms with van der Waals surface area (Å²) in [7, 11) is 0. The van der Waals surface area contributed by atoms with Crippen LogP contribution in [0.5, 0.6) is 5.75 Å². The topological polar surface area (TPSA) is 207 Å². The van der Waals surface area contributed by atoms with Gasteiger partial charge in [0.1, 0.15) is 22.9 Å². The standard InChI is InChI=1S/C22H14N4O5S.C12H20N2O2S/c23-26-24-10-20(32)25-11-1-4-14(17(7-11)22(29)30)21-15-5-2-12(27)8-18(15)31-19-9-13(28)3-6-16(19)21;1-2-8(15)5-3-4-6-10-11-9(7-17-10)13-12(16)14-11/h1-9,27H,10H2,(H,25,32)(H,29,30);9-11H,2-7H2,1H3,(H2,13,14,16)/t;9-,10-,11-/m.0/s1. The van der Waals surface area contributed by atoms with Gasteiger partial charge in [-0.15, -0.1) is 0 Å². The molecular formula is C34H34N6O7S2. The van der Waals surface area contributed by atoms with Gasteiger partial charge in [0.2, 0.25) is 0 Å². The van der Waals surface area contributed by atoms with Crippen LogP contribution in [0.4, 0.5) is 10.5 Å². The number of Topliss-reactive ketones (excluding diaryl/α,β-unsaturated/α-hetero) is 1. The fourth-order valence-corrected chi connectivity index (χ4v) is 7.67. The molecule has 4 aliphatic rings. The Bertz CT molecular complexity index is 1990. The quantitative estimate of drug-likeness (QED) is 0.0212. The van der Waals surface area contributed by atoms with Gasteiger partial charge in [-0.2, -0.15) is 11.8 Å². The zero-order valence-corrected chi connectivity index (χ0v) is 28.1. The highest BCUT2D eigenvalue weighted by Crippen LogP contribution is 2.42. The highest BCUT2D eigenvalue weighted by Gasteiger charge is 2.42. The Hall–Kier alpha value is -5.11. The molecule has 254 valence electrons. The highest BCUT2D eigenvalue weighted by molar-refractivity contribution is 8.00. The van der Waals surface area contributed by atoms with E-state index < -0.39 is 5.97 Å². The Morgan fingerprint density at radius 2 is 1.90 bits per heavy atom. The van der Waals surface area contributed by atoms with Crippen LogP contribution in [0.1, 0.15) is 49.4 Å². The Labute approximate surface area is 290 Å². The van der Waals surface area contributed by atoms with Gasteiger partial charge < -0.3 is 30.6 Å². The van der Waals surface area contributed by atoms with Crippen LogP contribution >= 0.6 is 24.0 Å². The van der Waals surface area contributed by atoms with E-state index in [9.17, 15) is 29.4 Å². The number of hydrogen-bond donors (Lipinski definition) is 5. The summed E-state index contributed by atoms with van der Waals surface area (Å²) < 4.78 is 5.81. The van der Waals surface area contributed by atoms with E-state index in [4.69, 9.17) is 22.2 Å². The summed E-state index contributed by atoms with van der Waals surface area (Å²) in [6.45, 7) is 1.85. The second-order valence-electron chi connectivity index (χ2n) is 11.6. The Kier molecular flexibility index (Phi) is 11.4. The minimum atomic E-state index is -1.18. The lowest BCUT2D eigenvalue weighted by atomic mass is 9.90. The first-order chi connectivity index (χ1) is 23.6. The van der Waals surface area contributed by atoms with E-state index in [-0.39, 0.29) is 40.1 Å². The molecule has 3 heterocycles. The van der Waals surface area contributed by atoms with Crippen LogP contribution in [0, 0.1) is 0 Å². The molecule has 0 radical (unpaired) electrons. The van der Waals surface area contributed by atoms with Crippen molar-refractivity contribution in [2.75, 3.05) is 17.6 Å². The number of unbranched alkanes of at least 4 members (excludes halogenated alkanes) is 1. The average Bonchev–Trinajstić information content (AvgIpc) is 3.63. The number of nitrogens with zero attached hydrogens (tertiary/aromatic N) is 3. The van der Waals surface area contributed by atoms with Crippen molar-refractivity contribution in [3.63, 3.8) is 0 Å². The van der Waals surface area contributed by atoms with Crippen LogP contribution in [0.2, 0.25) is 0 Å². The van der Waals surface area contributed by atoms with Crippen molar-refractivity contribution in [3.05, 3.63) is 80.8 Å². The Balaban J connectivity index is 0.000000232. The van der Waals surface area contributed by atoms with Crippen molar-refractivity contribution in [2.45, 2.75) is 56.4 Å². The van der Waals surface area contributed by atoms with Crippen LogP contribution in [-0.2, 0) is 4.79 Å². The van der Waals surface area contributed by atoms with Gasteiger partial charge in [-0.05, 0) is 60.3 Å². The van der Waals surface area contributed by atoms with Crippen LogP contribution in [0.25, 0.3) is 43.9 Å². The van der Waals surface area contributed by atoms with E-state index in [0.717, 1.165) is 25.0 Å². The first-order valence-corrected chi connectivity index (χ1v) is 17.1. The molecule has 0 bridgehead atoms. The molecule has 2 saturated heterocycles. The summed E-state index contributed by atoms with van der Waals surface area (Å²) in [5.74, 6) is 0.432. The maximum absolute atomic E-state index is 12.1. The van der Waals surface area contributed by atoms with Crippen molar-refractivity contribution in [2.24, 2.45) is 5.11 Å². The largest absolute Gasteiger partial charge is 0.508 e. The second kappa shape index (κ2) is 15.9. The molecule has 0 spiro atoms. The van der Waals surface area contributed by atoms with E-state index in [1.807, 2.05) is 18.7 Å². The number of anilines is 1. The van der Waals surface area contributed by atoms with Crippen LogP contribution in [-0.4, -0.2) is 62.6 Å². The number of aromatic carboxylic acids is 1. The SMILES string of the molecule is CCC(=O)CCCC[C@@H]1SC[C@@H]2NC(=O)N[C@@H]21.[N-]=[N+]=NCC(=S)Nc1ccc(-c2c3ccc(=O)cc-3oc3cc(O)ccc23)c(C(=O)O)c1. The fourth-order valence-electron chi connectivity index (χ4n) is 5.95. The van der Waals surface area contributed by atoms with Crippen LogP contribution in [0.15, 0.2) is 68.9 Å². The van der Waals surface area contributed by atoms with E-state index in [1.165, 1.54) is 30.3 Å². The number of fused-ring (bicyclic) bond motifs is 3. The predicted octanol–water partition coefficient (Wildman–Crippen LogP) is 6.71. The maximum atomic E-state index is 12.1. The van der Waals surface area contributed by atoms with Gasteiger partial charge in [0.05, 0.1) is 29.2 Å². The number of phenolic OH excluding ortho intramolecular Hbond substituents is 1. The van der Waals surface area contributed by atoms with Gasteiger partial charge in [-0.25, -0.2) is 9.59 Å². The monoisotopic (exact) mass is 702 g/mol. The normalized spacial score (nSPS) is 17.7. The van der Waals surface area contributed by atoms with Gasteiger partial charge in [-0.1, -0.05) is 36.7 Å². The van der Waals surface area contributed by atoms with Gasteiger partial charge in [-0.3, -0.25) is 9.59 Å². The van der Waals surface area contributed by atoms with Crippen molar-refractivity contribution in [1.82, 2.24) is 10.6 Å². The zero-order valence-electron chi connectivity index (χ0n) is 26.5. The molecule has 0 unspecified atom stereocenters. The molecule has 0 saturated carbocycles. The minimum absolute atomic E-state index is 0.0188. The molecule has 5 N–H and O–H groups in total. The number of hydrogen-bond acceptors (Lipinski definition) is 9. The molecule has 1 aliphatic carbocycles. The fraction of sp³-hybridized carbons (Fsp3) is 0.324. The van der Waals surface area contributed by atoms with E-state index in [0.29, 0.717) is 69.3 Å². The maximum Gasteiger partial charge on any atom is 0.336 e. The van der Waals surface area contributed by atoms with E-state index >= 15 is 0 Å². The molecular weight excluding hydrogens is 669 g/mol. The summed E-state index contributed by atoms with van der Waals surface area (Å²) in [6.07, 6.45) is 4.55. The minimum Gasteiger partial charge on any atom is -0.508 e. The number of nitrogens with one attached hydrogen (secondary N) is 3. The first kappa shape index (κ1) is 35.2. The van der Waals surface area contributed by atoms with Gasteiger partial charge >= 0.3 is 12.0 Å². The number of benzene rings is 3. The van der Waals surface area contributed by atoms with Gasteiger partial charge in [0, 0.05) is 63.1 Å². The van der Waals surface area contributed by atoms with E-state index in [2.05, 4.69) is 26.0 Å². The van der Waals surface area contributed by atoms with Crippen molar-refractivity contribution < 1.29 is 29.0 Å². The molecule has 3 aliphatic heterocycles. The third-order valence-electron chi connectivity index (χ3n) is 8.28. The van der Waals surface area contributed by atoms with E-state index in [1.54, 1.807) is 24.3 Å². The summed E-state index contributed by atoms with van der Waals surface area (Å²) in [4.78, 5) is 49.2. The number of carboxylic acid groups (broad SMARTS) is 1. The smallest absolute Gasteiger partial charge is 0.336 e.